The van der Waals surface area contributed by atoms with Crippen LogP contribution in [0.15, 0.2) is 71.6 Å². The maximum absolute atomic E-state index is 13.0. The third kappa shape index (κ3) is 4.94. The van der Waals surface area contributed by atoms with Crippen molar-refractivity contribution in [1.82, 2.24) is 0 Å². The molecule has 0 bridgehead atoms. The average Bonchev–Trinajstić information content (AvgIpc) is 2.69. The maximum atomic E-state index is 13.0. The molecule has 0 heterocycles. The molecule has 0 aliphatic rings. The summed E-state index contributed by atoms with van der Waals surface area (Å²) in [6.07, 6.45) is 0. The van der Waals surface area contributed by atoms with E-state index in [0.29, 0.717) is 5.69 Å². The molecule has 30 heavy (non-hydrogen) atoms. The Morgan fingerprint density at radius 1 is 0.900 bits per heavy atom. The van der Waals surface area contributed by atoms with E-state index in [1.54, 1.807) is 0 Å². The van der Waals surface area contributed by atoms with Crippen molar-refractivity contribution in [2.24, 2.45) is 5.73 Å². The first-order chi connectivity index (χ1) is 14.2. The molecule has 3 aromatic carbocycles. The zero-order valence-corrected chi connectivity index (χ0v) is 16.8. The Hall–Kier alpha value is -3.43. The summed E-state index contributed by atoms with van der Waals surface area (Å²) < 4.78 is 40.0. The van der Waals surface area contributed by atoms with Crippen LogP contribution in [0.25, 0.3) is 0 Å². The van der Waals surface area contributed by atoms with Crippen molar-refractivity contribution in [2.45, 2.75) is 4.90 Å². The molecule has 0 saturated heterocycles. The van der Waals surface area contributed by atoms with Crippen LogP contribution in [0.2, 0.25) is 5.02 Å². The van der Waals surface area contributed by atoms with Crippen molar-refractivity contribution in [1.29, 1.82) is 0 Å². The van der Waals surface area contributed by atoms with Gasteiger partial charge in [0.05, 0.1) is 15.5 Å². The van der Waals surface area contributed by atoms with Gasteiger partial charge in [0, 0.05) is 16.9 Å². The van der Waals surface area contributed by atoms with E-state index in [1.807, 2.05) is 0 Å². The number of halogens is 2. The molecular formula is C20H15ClFN3O4S. The van der Waals surface area contributed by atoms with Gasteiger partial charge in [-0.3, -0.25) is 14.3 Å². The highest BCUT2D eigenvalue weighted by Crippen LogP contribution is 2.21. The number of primary amides is 1. The molecule has 0 fully saturated rings. The standard InChI is InChI=1S/C20H15ClFN3O4S/c21-18-10-7-15(11-17(18)19(23)26)24-20(27)12-1-5-14(6-2-12)25-30(28,29)16-8-3-13(22)4-9-16/h1-11,25H,(H2,23,26)(H,24,27). The quantitative estimate of drug-likeness (QED) is 0.534. The lowest BCUT2D eigenvalue weighted by molar-refractivity contribution is 0.0996. The van der Waals surface area contributed by atoms with Gasteiger partial charge >= 0.3 is 0 Å². The number of nitrogens with two attached hydrogens (primary N) is 1. The second-order valence-electron chi connectivity index (χ2n) is 6.15. The van der Waals surface area contributed by atoms with Crippen LogP contribution < -0.4 is 15.8 Å². The molecule has 3 aromatic rings. The Kier molecular flexibility index (Phi) is 6.04. The molecular weight excluding hydrogens is 433 g/mol. The summed E-state index contributed by atoms with van der Waals surface area (Å²) in [5, 5.41) is 2.77. The SMILES string of the molecule is NC(=O)c1cc(NC(=O)c2ccc(NS(=O)(=O)c3ccc(F)cc3)cc2)ccc1Cl. The molecule has 0 unspecified atom stereocenters. The lowest BCUT2D eigenvalue weighted by Crippen LogP contribution is -2.15. The number of carbonyl (C=O) groups excluding carboxylic acids is 2. The van der Waals surface area contributed by atoms with Gasteiger partial charge < -0.3 is 11.1 Å². The number of nitrogens with one attached hydrogen (secondary N) is 2. The van der Waals surface area contributed by atoms with Gasteiger partial charge in [0.25, 0.3) is 15.9 Å². The molecule has 0 aliphatic heterocycles. The van der Waals surface area contributed by atoms with Crippen molar-refractivity contribution < 1.29 is 22.4 Å². The minimum absolute atomic E-state index is 0.0695. The number of hydrogen-bond donors (Lipinski definition) is 3. The summed E-state index contributed by atoms with van der Waals surface area (Å²) in [4.78, 5) is 23.6. The minimum atomic E-state index is -3.90. The molecule has 4 N–H and O–H groups in total. The second kappa shape index (κ2) is 8.52. The Bertz CT molecular complexity index is 1210. The fourth-order valence-electron chi connectivity index (χ4n) is 2.51. The number of rotatable bonds is 6. The first-order valence-electron chi connectivity index (χ1n) is 8.45. The van der Waals surface area contributed by atoms with Gasteiger partial charge in [-0.1, -0.05) is 11.6 Å². The second-order valence-corrected chi connectivity index (χ2v) is 8.24. The fraction of sp³-hybridized carbons (Fsp3) is 0. The zero-order valence-electron chi connectivity index (χ0n) is 15.2. The summed E-state index contributed by atoms with van der Waals surface area (Å²) in [5.41, 5.74) is 6.09. The molecule has 0 aliphatic carbocycles. The van der Waals surface area contributed by atoms with Gasteiger partial charge in [-0.25, -0.2) is 12.8 Å². The molecule has 3 rings (SSSR count). The highest BCUT2D eigenvalue weighted by atomic mass is 35.5. The molecule has 2 amide bonds. The Balaban J connectivity index is 1.72. The molecule has 0 radical (unpaired) electrons. The Morgan fingerprint density at radius 2 is 1.50 bits per heavy atom. The van der Waals surface area contributed by atoms with Crippen LogP contribution in [0.1, 0.15) is 20.7 Å². The van der Waals surface area contributed by atoms with Crippen molar-refractivity contribution in [2.75, 3.05) is 10.0 Å². The number of sulfonamides is 1. The molecule has 7 nitrogen and oxygen atoms in total. The van der Waals surface area contributed by atoms with E-state index in [9.17, 15) is 22.4 Å². The van der Waals surface area contributed by atoms with Gasteiger partial charge in [0.15, 0.2) is 0 Å². The van der Waals surface area contributed by atoms with E-state index in [-0.39, 0.29) is 26.7 Å². The van der Waals surface area contributed by atoms with E-state index in [4.69, 9.17) is 17.3 Å². The summed E-state index contributed by atoms with van der Waals surface area (Å²) in [6.45, 7) is 0. The molecule has 0 atom stereocenters. The number of hydrogen-bond acceptors (Lipinski definition) is 4. The number of carbonyl (C=O) groups is 2. The highest BCUT2D eigenvalue weighted by molar-refractivity contribution is 7.92. The first-order valence-corrected chi connectivity index (χ1v) is 10.3. The van der Waals surface area contributed by atoms with Crippen LogP contribution >= 0.6 is 11.6 Å². The average molecular weight is 448 g/mol. The van der Waals surface area contributed by atoms with Crippen LogP contribution in [0.5, 0.6) is 0 Å². The maximum Gasteiger partial charge on any atom is 0.261 e. The first kappa shape index (κ1) is 21.3. The molecule has 0 spiro atoms. The van der Waals surface area contributed by atoms with Crippen molar-refractivity contribution >= 4 is 44.8 Å². The Labute approximate surface area is 176 Å². The van der Waals surface area contributed by atoms with Crippen LogP contribution in [-0.4, -0.2) is 20.2 Å². The predicted octanol–water partition coefficient (Wildman–Crippen LogP) is 3.63. The molecule has 10 heteroatoms. The summed E-state index contributed by atoms with van der Waals surface area (Å²) in [7, 11) is -3.90. The van der Waals surface area contributed by atoms with Crippen LogP contribution in [-0.2, 0) is 10.0 Å². The summed E-state index contributed by atoms with van der Waals surface area (Å²) >= 11 is 5.88. The van der Waals surface area contributed by atoms with Gasteiger partial charge in [-0.2, -0.15) is 0 Å². The smallest absolute Gasteiger partial charge is 0.261 e. The van der Waals surface area contributed by atoms with E-state index in [1.165, 1.54) is 42.5 Å². The van der Waals surface area contributed by atoms with Gasteiger partial charge in [0.1, 0.15) is 5.82 Å². The van der Waals surface area contributed by atoms with E-state index in [0.717, 1.165) is 24.3 Å². The topological polar surface area (TPSA) is 118 Å². The highest BCUT2D eigenvalue weighted by Gasteiger charge is 2.15. The largest absolute Gasteiger partial charge is 0.366 e. The third-order valence-electron chi connectivity index (χ3n) is 4.01. The van der Waals surface area contributed by atoms with E-state index in [2.05, 4.69) is 10.0 Å². The van der Waals surface area contributed by atoms with Crippen molar-refractivity contribution in [3.8, 4) is 0 Å². The summed E-state index contributed by atoms with van der Waals surface area (Å²) in [6, 6.07) is 14.3. The van der Waals surface area contributed by atoms with Crippen molar-refractivity contribution in [3.63, 3.8) is 0 Å². The molecule has 0 saturated carbocycles. The third-order valence-corrected chi connectivity index (χ3v) is 5.74. The lowest BCUT2D eigenvalue weighted by atomic mass is 10.1. The molecule has 154 valence electrons. The minimum Gasteiger partial charge on any atom is -0.366 e. The zero-order chi connectivity index (χ0) is 21.9. The Morgan fingerprint density at radius 3 is 2.10 bits per heavy atom. The number of anilines is 2. The van der Waals surface area contributed by atoms with Gasteiger partial charge in [-0.05, 0) is 66.7 Å². The van der Waals surface area contributed by atoms with Crippen LogP contribution in [0, 0.1) is 5.82 Å². The lowest BCUT2D eigenvalue weighted by Gasteiger charge is -2.10. The van der Waals surface area contributed by atoms with Crippen molar-refractivity contribution in [3.05, 3.63) is 88.7 Å². The predicted molar refractivity (Wildman–Crippen MR) is 112 cm³/mol. The fourth-order valence-corrected chi connectivity index (χ4v) is 3.78. The van der Waals surface area contributed by atoms with Crippen LogP contribution in [0.3, 0.4) is 0 Å². The van der Waals surface area contributed by atoms with Crippen LogP contribution in [0.4, 0.5) is 15.8 Å². The van der Waals surface area contributed by atoms with Gasteiger partial charge in [0.2, 0.25) is 5.91 Å². The van der Waals surface area contributed by atoms with Gasteiger partial charge in [-0.15, -0.1) is 0 Å². The monoisotopic (exact) mass is 447 g/mol. The number of amides is 2. The molecule has 0 aromatic heterocycles. The van der Waals surface area contributed by atoms with E-state index >= 15 is 0 Å². The normalized spacial score (nSPS) is 11.0. The summed E-state index contributed by atoms with van der Waals surface area (Å²) in [5.74, 6) is -1.76. The number of benzene rings is 3. The van der Waals surface area contributed by atoms with E-state index < -0.39 is 27.7 Å².